The van der Waals surface area contributed by atoms with Gasteiger partial charge >= 0.3 is 12.1 Å². The van der Waals surface area contributed by atoms with Crippen LogP contribution < -0.4 is 15.0 Å². The topological polar surface area (TPSA) is 163 Å². The van der Waals surface area contributed by atoms with E-state index >= 15 is 0 Å². The summed E-state index contributed by atoms with van der Waals surface area (Å²) >= 11 is 10.9. The van der Waals surface area contributed by atoms with Crippen molar-refractivity contribution in [1.82, 2.24) is 10.2 Å². The lowest BCUT2D eigenvalue weighted by Crippen LogP contribution is -2.63. The molecule has 15 heteroatoms. The van der Waals surface area contributed by atoms with Crippen LogP contribution in [0.4, 0.5) is 10.5 Å². The zero-order valence-electron chi connectivity index (χ0n) is 29.8. The number of rotatable bonds is 7. The molecule has 13 nitrogen and oxygen atoms in total. The second-order valence-electron chi connectivity index (χ2n) is 13.4. The Hall–Kier alpha value is -3.30. The first-order valence-corrected chi connectivity index (χ1v) is 17.5. The van der Waals surface area contributed by atoms with Gasteiger partial charge in [-0.25, -0.2) is 9.59 Å². The number of amidine groups is 1. The van der Waals surface area contributed by atoms with Gasteiger partial charge in [-0.2, -0.15) is 12.6 Å². The number of alkyl carbamates (subject to hydrolysis) is 1. The Labute approximate surface area is 304 Å². The molecule has 0 aromatic heterocycles. The number of allylic oxidation sites excluding steroid dienone is 3. The molecule has 1 aromatic carbocycles. The van der Waals surface area contributed by atoms with Crippen molar-refractivity contribution < 1.29 is 43.2 Å². The number of carbonyl (C=O) groups is 3. The van der Waals surface area contributed by atoms with Crippen LogP contribution in [0, 0.1) is 11.3 Å². The lowest BCUT2D eigenvalue weighted by molar-refractivity contribution is -0.160. The number of nitrogens with zero attached hydrogens (tertiary/aromatic N) is 2. The molecule has 0 spiro atoms. The fourth-order valence-electron chi connectivity index (χ4n) is 6.52. The van der Waals surface area contributed by atoms with Crippen LogP contribution in [0.5, 0.6) is 5.75 Å². The van der Waals surface area contributed by atoms with E-state index in [4.69, 9.17) is 35.3 Å². The van der Waals surface area contributed by atoms with Crippen LogP contribution in [0.25, 0.3) is 0 Å². The summed E-state index contributed by atoms with van der Waals surface area (Å²) in [4.78, 5) is 41.9. The fourth-order valence-corrected chi connectivity index (χ4v) is 7.02. The highest BCUT2D eigenvalue weighted by molar-refractivity contribution is 7.80. The third-order valence-corrected chi connectivity index (χ3v) is 10.5. The number of anilines is 1. The first-order chi connectivity index (χ1) is 23.5. The van der Waals surface area contributed by atoms with E-state index in [0.29, 0.717) is 28.6 Å². The molecule has 2 amide bonds. The number of aliphatic hydroxyl groups is 1. The monoisotopic (exact) mass is 736 g/mol. The molecule has 2 fully saturated rings. The quantitative estimate of drug-likeness (QED) is 0.181. The fraction of sp³-hybridized carbons (Fsp3) is 0.600. The zero-order chi connectivity index (χ0) is 37.1. The molecular formula is C35H49ClN4O9S. The summed E-state index contributed by atoms with van der Waals surface area (Å²) < 4.78 is 29.3. The van der Waals surface area contributed by atoms with Gasteiger partial charge < -0.3 is 38.6 Å². The van der Waals surface area contributed by atoms with Crippen molar-refractivity contribution in [2.45, 2.75) is 95.2 Å². The van der Waals surface area contributed by atoms with Gasteiger partial charge in [0.05, 0.1) is 18.9 Å². The molecule has 4 bridgehead atoms. The molecule has 8 unspecified atom stereocenters. The summed E-state index contributed by atoms with van der Waals surface area (Å²) in [6, 6.07) is 2.76. The molecule has 1 aromatic rings. The van der Waals surface area contributed by atoms with Crippen molar-refractivity contribution in [2.75, 3.05) is 39.0 Å². The molecule has 3 aliphatic rings. The van der Waals surface area contributed by atoms with Gasteiger partial charge in [-0.1, -0.05) is 42.3 Å². The van der Waals surface area contributed by atoms with Crippen molar-refractivity contribution in [2.24, 2.45) is 5.92 Å². The van der Waals surface area contributed by atoms with Gasteiger partial charge in [0, 0.05) is 46.4 Å². The highest BCUT2D eigenvalue weighted by Gasteiger charge is 2.64. The molecule has 3 heterocycles. The maximum Gasteiger partial charge on any atom is 0.409 e. The Kier molecular flexibility index (Phi) is 12.6. The van der Waals surface area contributed by atoms with E-state index in [-0.39, 0.29) is 31.0 Å². The van der Waals surface area contributed by atoms with E-state index in [1.54, 1.807) is 37.9 Å². The number of thiol groups is 1. The second-order valence-corrected chi connectivity index (χ2v) is 14.3. The van der Waals surface area contributed by atoms with Crippen LogP contribution in [-0.4, -0.2) is 110 Å². The Morgan fingerprint density at radius 1 is 1.32 bits per heavy atom. The Balaban J connectivity index is 1.78. The molecule has 50 heavy (non-hydrogen) atoms. The van der Waals surface area contributed by atoms with Crippen molar-refractivity contribution in [3.8, 4) is 5.75 Å². The highest BCUT2D eigenvalue weighted by atomic mass is 35.5. The lowest BCUT2D eigenvalue weighted by atomic mass is 9.83. The highest BCUT2D eigenvalue weighted by Crippen LogP contribution is 2.49. The number of esters is 1. The van der Waals surface area contributed by atoms with Crippen molar-refractivity contribution in [1.29, 1.82) is 5.41 Å². The Morgan fingerprint density at radius 3 is 2.66 bits per heavy atom. The minimum Gasteiger partial charge on any atom is -0.495 e. The predicted octanol–water partition coefficient (Wildman–Crippen LogP) is 4.29. The maximum atomic E-state index is 13.6. The van der Waals surface area contributed by atoms with Crippen LogP contribution >= 0.6 is 24.2 Å². The summed E-state index contributed by atoms with van der Waals surface area (Å²) in [7, 11) is 6.18. The minimum absolute atomic E-state index is 0.0242. The predicted molar refractivity (Wildman–Crippen MR) is 192 cm³/mol. The number of benzene rings is 1. The van der Waals surface area contributed by atoms with E-state index in [0.717, 1.165) is 11.1 Å². The molecule has 0 aliphatic carbocycles. The number of hydrogen-bond donors (Lipinski definition) is 4. The molecule has 3 aliphatic heterocycles. The standard InChI is InChI=1S/C35H49ClN4O9S/c1-19-10-9-11-26(46-8)35(44)18-25(47-33(43)38-35)20(2)31-34(4,49-31)27(48-32(42)21(3)39(5)29(41)12-13-50)17-28(37)40(6)23-15-22(14-19)16-24(45-7)30(23)36/h9-11,15-16,20-21,25-27,31,37,44,50H,12-14,17-18H2,1-8H3,(H,38,43)/b11-9+,19-10+,37-28?. The third-order valence-electron chi connectivity index (χ3n) is 9.90. The second kappa shape index (κ2) is 15.9. The van der Waals surface area contributed by atoms with E-state index in [1.807, 2.05) is 32.1 Å². The van der Waals surface area contributed by atoms with Gasteiger partial charge in [-0.15, -0.1) is 0 Å². The van der Waals surface area contributed by atoms with E-state index in [9.17, 15) is 24.9 Å². The SMILES string of the molecule is COc1cc2cc(c1Cl)N(C)C(=N)CC(OC(=O)C(C)N(C)C(=O)CCS)C1(C)OC1C(C)C1CC(O)(NC(=O)O1)C(OC)/C=C/C=C(\C)C2. The van der Waals surface area contributed by atoms with Crippen LogP contribution in [0.1, 0.15) is 52.5 Å². The van der Waals surface area contributed by atoms with Crippen LogP contribution in [-0.2, 0) is 35.0 Å². The van der Waals surface area contributed by atoms with Gasteiger partial charge in [-0.3, -0.25) is 15.5 Å². The number of halogens is 1. The van der Waals surface area contributed by atoms with E-state index < -0.39 is 59.8 Å². The first-order valence-electron chi connectivity index (χ1n) is 16.5. The molecule has 8 atom stereocenters. The molecule has 0 radical (unpaired) electrons. The summed E-state index contributed by atoms with van der Waals surface area (Å²) in [5, 5.41) is 23.7. The largest absolute Gasteiger partial charge is 0.495 e. The van der Waals surface area contributed by atoms with Gasteiger partial charge in [-0.05, 0) is 50.6 Å². The average molecular weight is 737 g/mol. The number of fused-ring (bicyclic) bond motifs is 5. The number of ether oxygens (including phenoxy) is 5. The summed E-state index contributed by atoms with van der Waals surface area (Å²) in [5.41, 5.74) is -0.591. The number of amides is 2. The number of epoxide rings is 1. The molecule has 3 N–H and O–H groups in total. The van der Waals surface area contributed by atoms with Crippen LogP contribution in [0.15, 0.2) is 35.9 Å². The van der Waals surface area contributed by atoms with E-state index in [2.05, 4.69) is 17.9 Å². The van der Waals surface area contributed by atoms with Gasteiger partial charge in [0.1, 0.15) is 46.6 Å². The molecule has 4 rings (SSSR count). The number of likely N-dealkylation sites (N-methyl/N-ethyl adjacent to an activating group) is 1. The third kappa shape index (κ3) is 8.42. The van der Waals surface area contributed by atoms with Crippen LogP contribution in [0.2, 0.25) is 5.02 Å². The van der Waals surface area contributed by atoms with Crippen LogP contribution in [0.3, 0.4) is 0 Å². The van der Waals surface area contributed by atoms with Gasteiger partial charge in [0.2, 0.25) is 5.91 Å². The average Bonchev–Trinajstić information content (AvgIpc) is 3.76. The summed E-state index contributed by atoms with van der Waals surface area (Å²) in [5.74, 6) is -0.610. The number of hydrogen-bond acceptors (Lipinski definition) is 11. The number of nitrogens with one attached hydrogen (secondary N) is 2. The summed E-state index contributed by atoms with van der Waals surface area (Å²) in [6.07, 6.45) is 1.70. The molecule has 0 saturated carbocycles. The first kappa shape index (κ1) is 39.5. The van der Waals surface area contributed by atoms with Crippen molar-refractivity contribution in [3.63, 3.8) is 0 Å². The zero-order valence-corrected chi connectivity index (χ0v) is 31.5. The van der Waals surface area contributed by atoms with Gasteiger partial charge in [0.15, 0.2) is 5.72 Å². The lowest BCUT2D eigenvalue weighted by Gasteiger charge is -2.42. The van der Waals surface area contributed by atoms with Crippen molar-refractivity contribution >= 4 is 53.7 Å². The van der Waals surface area contributed by atoms with E-state index in [1.165, 1.54) is 26.2 Å². The molecule has 2 saturated heterocycles. The van der Waals surface area contributed by atoms with Gasteiger partial charge in [0.25, 0.3) is 0 Å². The number of methoxy groups -OCH3 is 2. The Bertz CT molecular complexity index is 1540. The molecular weight excluding hydrogens is 688 g/mol. The van der Waals surface area contributed by atoms with Crippen molar-refractivity contribution in [3.05, 3.63) is 46.5 Å². The summed E-state index contributed by atoms with van der Waals surface area (Å²) in [6.45, 7) is 7.11. The Morgan fingerprint density at radius 2 is 2.02 bits per heavy atom. The minimum atomic E-state index is -1.80. The molecule has 276 valence electrons. The maximum absolute atomic E-state index is 13.6. The number of carbonyl (C=O) groups excluding carboxylic acids is 3. The smallest absolute Gasteiger partial charge is 0.409 e. The normalized spacial score (nSPS) is 32.3.